The van der Waals surface area contributed by atoms with Gasteiger partial charge in [-0.15, -0.1) is 0 Å². The molecule has 4 atom stereocenters. The molecule has 0 amide bonds. The lowest BCUT2D eigenvalue weighted by Crippen LogP contribution is -2.43. The first kappa shape index (κ1) is 16.7. The van der Waals surface area contributed by atoms with E-state index in [0.29, 0.717) is 5.75 Å². The van der Waals surface area contributed by atoms with Crippen molar-refractivity contribution in [3.05, 3.63) is 34.9 Å². The van der Waals surface area contributed by atoms with Crippen molar-refractivity contribution in [2.75, 3.05) is 0 Å². The van der Waals surface area contributed by atoms with Crippen LogP contribution >= 0.6 is 0 Å². The van der Waals surface area contributed by atoms with Crippen LogP contribution in [0.2, 0.25) is 0 Å². The molecule has 1 aromatic rings. The van der Waals surface area contributed by atoms with Crippen molar-refractivity contribution >= 4 is 10.8 Å². The van der Waals surface area contributed by atoms with E-state index in [1.165, 1.54) is 36.0 Å². The Bertz CT molecular complexity index is 480. The maximum atomic E-state index is 12.8. The van der Waals surface area contributed by atoms with Gasteiger partial charge in [0.2, 0.25) is 0 Å². The first-order valence-corrected chi connectivity index (χ1v) is 9.57. The molecule has 1 fully saturated rings. The smallest absolute Gasteiger partial charge is 0.0505 e. The summed E-state index contributed by atoms with van der Waals surface area (Å²) in [4.78, 5) is 0. The molecule has 1 aromatic carbocycles. The average molecular weight is 308 g/mol. The van der Waals surface area contributed by atoms with Crippen LogP contribution < -0.4 is 5.73 Å². The summed E-state index contributed by atoms with van der Waals surface area (Å²) in [5.74, 6) is 1.38. The van der Waals surface area contributed by atoms with Crippen LogP contribution in [0, 0.1) is 19.8 Å². The van der Waals surface area contributed by atoms with E-state index < -0.39 is 10.8 Å². The zero-order valence-electron chi connectivity index (χ0n) is 13.6. The van der Waals surface area contributed by atoms with Gasteiger partial charge in [-0.1, -0.05) is 49.1 Å². The highest BCUT2D eigenvalue weighted by Crippen LogP contribution is 2.31. The van der Waals surface area contributed by atoms with Gasteiger partial charge < -0.3 is 5.73 Å². The summed E-state index contributed by atoms with van der Waals surface area (Å²) in [7, 11) is -0.853. The van der Waals surface area contributed by atoms with Crippen LogP contribution in [0.5, 0.6) is 0 Å². The molecule has 0 heterocycles. The summed E-state index contributed by atoms with van der Waals surface area (Å²) in [6, 6.07) is 6.59. The molecule has 2 rings (SSSR count). The Balaban J connectivity index is 2.03. The summed E-state index contributed by atoms with van der Waals surface area (Å²) >= 11 is 0. The van der Waals surface area contributed by atoms with Gasteiger partial charge in [0.25, 0.3) is 0 Å². The summed E-state index contributed by atoms with van der Waals surface area (Å²) in [5, 5.41) is 0.177. The van der Waals surface area contributed by atoms with Crippen molar-refractivity contribution in [2.24, 2.45) is 11.7 Å². The van der Waals surface area contributed by atoms with Gasteiger partial charge in [0.05, 0.1) is 5.25 Å². The molecule has 0 radical (unpaired) electrons. The van der Waals surface area contributed by atoms with Crippen LogP contribution in [0.4, 0.5) is 0 Å². The Morgan fingerprint density at radius 3 is 2.48 bits per heavy atom. The summed E-state index contributed by atoms with van der Waals surface area (Å²) in [6.45, 7) is 6.43. The minimum Gasteiger partial charge on any atom is -0.327 e. The van der Waals surface area contributed by atoms with Crippen molar-refractivity contribution in [1.29, 1.82) is 0 Å². The number of hydrogen-bond donors (Lipinski definition) is 1. The normalized spacial score (nSPS) is 27.5. The molecule has 21 heavy (non-hydrogen) atoms. The predicted octanol–water partition coefficient (Wildman–Crippen LogP) is 3.85. The van der Waals surface area contributed by atoms with Crippen LogP contribution in [0.25, 0.3) is 0 Å². The Labute approximate surface area is 132 Å². The Morgan fingerprint density at radius 2 is 1.86 bits per heavy atom. The van der Waals surface area contributed by atoms with E-state index in [0.717, 1.165) is 18.8 Å². The molecule has 3 heteroatoms. The predicted molar refractivity (Wildman–Crippen MR) is 91.8 cm³/mol. The fraction of sp³-hybridized carbons (Fsp3) is 0.667. The maximum Gasteiger partial charge on any atom is 0.0505 e. The number of benzene rings is 1. The van der Waals surface area contributed by atoms with Crippen molar-refractivity contribution in [3.63, 3.8) is 0 Å². The topological polar surface area (TPSA) is 43.1 Å². The van der Waals surface area contributed by atoms with E-state index in [9.17, 15) is 4.21 Å². The average Bonchev–Trinajstić information content (AvgIpc) is 2.40. The van der Waals surface area contributed by atoms with E-state index in [4.69, 9.17) is 5.73 Å². The van der Waals surface area contributed by atoms with Crippen LogP contribution in [-0.2, 0) is 16.6 Å². The highest BCUT2D eigenvalue weighted by molar-refractivity contribution is 7.84. The van der Waals surface area contributed by atoms with Crippen molar-refractivity contribution in [2.45, 2.75) is 69.9 Å². The Kier molecular flexibility index (Phi) is 6.00. The molecule has 1 aliphatic rings. The second-order valence-corrected chi connectivity index (χ2v) is 8.35. The van der Waals surface area contributed by atoms with Crippen LogP contribution in [0.3, 0.4) is 0 Å². The zero-order chi connectivity index (χ0) is 15.4. The molecular formula is C18H29NOS. The zero-order valence-corrected chi connectivity index (χ0v) is 14.4. The highest BCUT2D eigenvalue weighted by Gasteiger charge is 2.31. The van der Waals surface area contributed by atoms with E-state index in [2.05, 4.69) is 39.0 Å². The number of aryl methyl sites for hydroxylation is 2. The molecule has 2 N–H and O–H groups in total. The number of nitrogens with two attached hydrogens (primary N) is 1. The number of hydrogen-bond acceptors (Lipinski definition) is 2. The van der Waals surface area contributed by atoms with Gasteiger partial charge in [-0.3, -0.25) is 4.21 Å². The van der Waals surface area contributed by atoms with Crippen molar-refractivity contribution < 1.29 is 4.21 Å². The fourth-order valence-corrected chi connectivity index (χ4v) is 5.35. The SMILES string of the molecule is CCCC1CCC(N)C(S(=O)Cc2cc(C)cc(C)c2)C1. The number of rotatable bonds is 5. The van der Waals surface area contributed by atoms with Crippen LogP contribution in [0.15, 0.2) is 18.2 Å². The Morgan fingerprint density at radius 1 is 1.19 bits per heavy atom. The third kappa shape index (κ3) is 4.65. The molecule has 0 saturated heterocycles. The molecule has 118 valence electrons. The lowest BCUT2D eigenvalue weighted by Gasteiger charge is -2.33. The second-order valence-electron chi connectivity index (χ2n) is 6.69. The highest BCUT2D eigenvalue weighted by atomic mass is 32.2. The van der Waals surface area contributed by atoms with Crippen molar-refractivity contribution in [3.8, 4) is 0 Å². The maximum absolute atomic E-state index is 12.8. The van der Waals surface area contributed by atoms with E-state index >= 15 is 0 Å². The van der Waals surface area contributed by atoms with Gasteiger partial charge in [0, 0.05) is 22.6 Å². The lowest BCUT2D eigenvalue weighted by molar-refractivity contribution is 0.313. The first-order chi connectivity index (χ1) is 9.99. The van der Waals surface area contributed by atoms with E-state index in [1.54, 1.807) is 0 Å². The molecule has 4 unspecified atom stereocenters. The van der Waals surface area contributed by atoms with E-state index in [-0.39, 0.29) is 11.3 Å². The third-order valence-corrected chi connectivity index (χ3v) is 6.41. The monoisotopic (exact) mass is 307 g/mol. The van der Waals surface area contributed by atoms with Gasteiger partial charge in [0.15, 0.2) is 0 Å². The molecule has 0 aliphatic heterocycles. The molecule has 0 aromatic heterocycles. The van der Waals surface area contributed by atoms with Crippen LogP contribution in [-0.4, -0.2) is 15.5 Å². The lowest BCUT2D eigenvalue weighted by atomic mass is 9.83. The summed E-state index contributed by atoms with van der Waals surface area (Å²) in [5.41, 5.74) is 9.95. The van der Waals surface area contributed by atoms with Gasteiger partial charge in [-0.25, -0.2) is 0 Å². The van der Waals surface area contributed by atoms with Gasteiger partial charge in [-0.05, 0) is 44.6 Å². The minimum atomic E-state index is -0.853. The molecule has 1 saturated carbocycles. The van der Waals surface area contributed by atoms with Gasteiger partial charge in [0.1, 0.15) is 0 Å². The first-order valence-electron chi connectivity index (χ1n) is 8.19. The quantitative estimate of drug-likeness (QED) is 0.898. The van der Waals surface area contributed by atoms with E-state index in [1.807, 2.05) is 0 Å². The standard InChI is InChI=1S/C18H29NOS/c1-4-5-15-6-7-17(19)18(11-15)21(20)12-16-9-13(2)8-14(3)10-16/h8-10,15,17-18H,4-7,11-12,19H2,1-3H3. The largest absolute Gasteiger partial charge is 0.327 e. The summed E-state index contributed by atoms with van der Waals surface area (Å²) < 4.78 is 12.8. The van der Waals surface area contributed by atoms with Gasteiger partial charge >= 0.3 is 0 Å². The van der Waals surface area contributed by atoms with Crippen LogP contribution in [0.1, 0.15) is 55.7 Å². The minimum absolute atomic E-state index is 0.116. The molecule has 0 bridgehead atoms. The van der Waals surface area contributed by atoms with Crippen molar-refractivity contribution in [1.82, 2.24) is 0 Å². The second kappa shape index (κ2) is 7.55. The Hall–Kier alpha value is -0.670. The fourth-order valence-electron chi connectivity index (χ4n) is 3.63. The third-order valence-electron chi connectivity index (χ3n) is 4.58. The summed E-state index contributed by atoms with van der Waals surface area (Å²) in [6.07, 6.45) is 5.77. The molecule has 2 nitrogen and oxygen atoms in total. The molecule has 1 aliphatic carbocycles. The molecular weight excluding hydrogens is 278 g/mol. The van der Waals surface area contributed by atoms with Gasteiger partial charge in [-0.2, -0.15) is 0 Å². The molecule has 0 spiro atoms.